The zero-order chi connectivity index (χ0) is 11.8. The monoisotopic (exact) mass is 228 g/mol. The summed E-state index contributed by atoms with van der Waals surface area (Å²) in [7, 11) is 1.32. The van der Waals surface area contributed by atoms with E-state index in [9.17, 15) is 13.9 Å². The van der Waals surface area contributed by atoms with E-state index in [1.54, 1.807) is 0 Å². The van der Waals surface area contributed by atoms with Crippen LogP contribution >= 0.6 is 0 Å². The van der Waals surface area contributed by atoms with Gasteiger partial charge >= 0.3 is 0 Å². The van der Waals surface area contributed by atoms with Crippen LogP contribution in [-0.4, -0.2) is 18.8 Å². The van der Waals surface area contributed by atoms with Crippen LogP contribution in [0, 0.1) is 17.0 Å². The van der Waals surface area contributed by atoms with E-state index in [1.165, 1.54) is 13.2 Å². The van der Waals surface area contributed by atoms with Crippen LogP contribution in [-0.2, 0) is 6.42 Å². The summed E-state index contributed by atoms with van der Waals surface area (Å²) < 4.78 is 31.3. The van der Waals surface area contributed by atoms with Gasteiger partial charge in [-0.25, -0.2) is 4.39 Å². The highest BCUT2D eigenvalue weighted by Gasteiger charge is 2.42. The van der Waals surface area contributed by atoms with E-state index in [-0.39, 0.29) is 17.8 Å². The second-order valence-corrected chi connectivity index (χ2v) is 4.39. The molecule has 0 heterocycles. The van der Waals surface area contributed by atoms with Crippen LogP contribution in [0.25, 0.3) is 0 Å². The molecule has 0 unspecified atom stereocenters. The van der Waals surface area contributed by atoms with E-state index in [0.717, 1.165) is 18.9 Å². The molecule has 1 aromatic rings. The first-order chi connectivity index (χ1) is 7.62. The van der Waals surface area contributed by atoms with Crippen LogP contribution in [0.5, 0.6) is 5.75 Å². The average molecular weight is 228 g/mol. The molecule has 0 aromatic heterocycles. The molecule has 2 nitrogen and oxygen atoms in total. The Hall–Kier alpha value is -1.16. The maximum absolute atomic E-state index is 13.4. The van der Waals surface area contributed by atoms with Gasteiger partial charge in [0.1, 0.15) is 0 Å². The van der Waals surface area contributed by atoms with Crippen molar-refractivity contribution in [2.24, 2.45) is 5.41 Å². The van der Waals surface area contributed by atoms with Gasteiger partial charge in [0, 0.05) is 6.61 Å². The molecule has 0 spiro atoms. The number of hydrogen-bond donors (Lipinski definition) is 1. The SMILES string of the molecule is COc1c(CC2(CO)CC2)ccc(F)c1F. The fraction of sp³-hybridized carbons (Fsp3) is 0.500. The number of rotatable bonds is 4. The Kier molecular flexibility index (Phi) is 2.84. The molecular weight excluding hydrogens is 214 g/mol. The lowest BCUT2D eigenvalue weighted by atomic mass is 9.96. The maximum Gasteiger partial charge on any atom is 0.200 e. The minimum Gasteiger partial charge on any atom is -0.493 e. The molecule has 1 N–H and O–H groups in total. The molecule has 1 saturated carbocycles. The quantitative estimate of drug-likeness (QED) is 0.856. The summed E-state index contributed by atoms with van der Waals surface area (Å²) in [5.41, 5.74) is 0.477. The number of benzene rings is 1. The first-order valence-corrected chi connectivity index (χ1v) is 5.24. The van der Waals surface area contributed by atoms with Crippen molar-refractivity contribution in [3.05, 3.63) is 29.3 Å². The first-order valence-electron chi connectivity index (χ1n) is 5.24. The predicted molar refractivity (Wildman–Crippen MR) is 55.4 cm³/mol. The van der Waals surface area contributed by atoms with Crippen LogP contribution in [0.4, 0.5) is 8.78 Å². The standard InChI is InChI=1S/C12H14F2O2/c1-16-11-8(2-3-9(13)10(11)14)6-12(7-15)4-5-12/h2-3,15H,4-7H2,1H3. The smallest absolute Gasteiger partial charge is 0.200 e. The van der Waals surface area contributed by atoms with Gasteiger partial charge in [-0.2, -0.15) is 4.39 Å². The molecule has 4 heteroatoms. The Morgan fingerprint density at radius 1 is 1.38 bits per heavy atom. The molecule has 1 aromatic carbocycles. The fourth-order valence-electron chi connectivity index (χ4n) is 1.90. The average Bonchev–Trinajstić information content (AvgIpc) is 3.05. The molecule has 1 aliphatic carbocycles. The number of aliphatic hydroxyl groups excluding tert-OH is 1. The van der Waals surface area contributed by atoms with Gasteiger partial charge in [0.2, 0.25) is 5.82 Å². The summed E-state index contributed by atoms with van der Waals surface area (Å²) in [6.07, 6.45) is 2.38. The highest BCUT2D eigenvalue weighted by Crippen LogP contribution is 2.49. The third-order valence-corrected chi connectivity index (χ3v) is 3.19. The van der Waals surface area contributed by atoms with E-state index < -0.39 is 11.6 Å². The van der Waals surface area contributed by atoms with E-state index in [1.807, 2.05) is 0 Å². The topological polar surface area (TPSA) is 29.5 Å². The largest absolute Gasteiger partial charge is 0.493 e. The summed E-state index contributed by atoms with van der Waals surface area (Å²) in [5.74, 6) is -1.90. The number of methoxy groups -OCH3 is 1. The van der Waals surface area contributed by atoms with Gasteiger partial charge in [0.25, 0.3) is 0 Å². The molecule has 0 atom stereocenters. The summed E-state index contributed by atoms with van der Waals surface area (Å²) in [6.45, 7) is 0.0785. The maximum atomic E-state index is 13.4. The molecule has 88 valence electrons. The summed E-state index contributed by atoms with van der Waals surface area (Å²) in [5, 5.41) is 9.20. The van der Waals surface area contributed by atoms with Gasteiger partial charge in [-0.15, -0.1) is 0 Å². The van der Waals surface area contributed by atoms with Crippen molar-refractivity contribution in [3.8, 4) is 5.75 Å². The lowest BCUT2D eigenvalue weighted by molar-refractivity contribution is 0.209. The molecule has 0 radical (unpaired) electrons. The molecule has 0 bridgehead atoms. The molecule has 16 heavy (non-hydrogen) atoms. The van der Waals surface area contributed by atoms with Gasteiger partial charge in [-0.1, -0.05) is 6.07 Å². The van der Waals surface area contributed by atoms with E-state index in [2.05, 4.69) is 0 Å². The Labute approximate surface area is 92.9 Å². The van der Waals surface area contributed by atoms with Gasteiger partial charge in [-0.05, 0) is 36.3 Å². The zero-order valence-electron chi connectivity index (χ0n) is 9.09. The van der Waals surface area contributed by atoms with Crippen molar-refractivity contribution >= 4 is 0 Å². The third-order valence-electron chi connectivity index (χ3n) is 3.19. The van der Waals surface area contributed by atoms with Gasteiger partial charge < -0.3 is 9.84 Å². The molecule has 0 saturated heterocycles. The van der Waals surface area contributed by atoms with Crippen molar-refractivity contribution in [3.63, 3.8) is 0 Å². The van der Waals surface area contributed by atoms with Crippen molar-refractivity contribution < 1.29 is 18.6 Å². The third kappa shape index (κ3) is 1.89. The minimum absolute atomic E-state index is 0.0419. The fourth-order valence-corrected chi connectivity index (χ4v) is 1.90. The van der Waals surface area contributed by atoms with Crippen molar-refractivity contribution in [2.75, 3.05) is 13.7 Å². The van der Waals surface area contributed by atoms with Crippen LogP contribution in [0.1, 0.15) is 18.4 Å². The number of halogens is 2. The van der Waals surface area contributed by atoms with Gasteiger partial charge in [-0.3, -0.25) is 0 Å². The molecule has 1 aliphatic rings. The number of hydrogen-bond acceptors (Lipinski definition) is 2. The summed E-state index contributed by atoms with van der Waals surface area (Å²) >= 11 is 0. The van der Waals surface area contributed by atoms with Crippen LogP contribution < -0.4 is 4.74 Å². The Bertz CT molecular complexity index is 400. The van der Waals surface area contributed by atoms with Crippen molar-refractivity contribution in [1.82, 2.24) is 0 Å². The zero-order valence-corrected chi connectivity index (χ0v) is 9.09. The van der Waals surface area contributed by atoms with Gasteiger partial charge in [0.15, 0.2) is 11.6 Å². The molecule has 1 fully saturated rings. The summed E-state index contributed by atoms with van der Waals surface area (Å²) in [6, 6.07) is 2.62. The predicted octanol–water partition coefficient (Wildman–Crippen LogP) is 2.29. The second-order valence-electron chi connectivity index (χ2n) is 4.39. The lowest BCUT2D eigenvalue weighted by Gasteiger charge is -2.15. The molecule has 2 rings (SSSR count). The minimum atomic E-state index is -0.950. The van der Waals surface area contributed by atoms with Crippen molar-refractivity contribution in [1.29, 1.82) is 0 Å². The Balaban J connectivity index is 2.30. The summed E-state index contributed by atoms with van der Waals surface area (Å²) in [4.78, 5) is 0. The van der Waals surface area contributed by atoms with Crippen LogP contribution in [0.2, 0.25) is 0 Å². The van der Waals surface area contributed by atoms with Crippen molar-refractivity contribution in [2.45, 2.75) is 19.3 Å². The highest BCUT2D eigenvalue weighted by molar-refractivity contribution is 5.37. The van der Waals surface area contributed by atoms with Crippen LogP contribution in [0.15, 0.2) is 12.1 Å². The molecule has 0 aliphatic heterocycles. The Morgan fingerprint density at radius 2 is 2.06 bits per heavy atom. The normalized spacial score (nSPS) is 17.2. The van der Waals surface area contributed by atoms with E-state index >= 15 is 0 Å². The van der Waals surface area contributed by atoms with Crippen LogP contribution in [0.3, 0.4) is 0 Å². The van der Waals surface area contributed by atoms with E-state index in [4.69, 9.17) is 4.74 Å². The Morgan fingerprint density at radius 3 is 2.56 bits per heavy atom. The number of aliphatic hydroxyl groups is 1. The first kappa shape index (κ1) is 11.3. The molecular formula is C12H14F2O2. The molecule has 0 amide bonds. The van der Waals surface area contributed by atoms with E-state index in [0.29, 0.717) is 12.0 Å². The van der Waals surface area contributed by atoms with Gasteiger partial charge in [0.05, 0.1) is 7.11 Å². The number of ether oxygens (including phenoxy) is 1. The second kappa shape index (κ2) is 4.01. The lowest BCUT2D eigenvalue weighted by Crippen LogP contribution is -2.11. The highest BCUT2D eigenvalue weighted by atomic mass is 19.2.